The fourth-order valence-electron chi connectivity index (χ4n) is 2.46. The summed E-state index contributed by atoms with van der Waals surface area (Å²) >= 11 is 0. The lowest BCUT2D eigenvalue weighted by Crippen LogP contribution is -2.24. The Morgan fingerprint density at radius 1 is 1.29 bits per heavy atom. The molecule has 5 heteroatoms. The molecule has 0 spiro atoms. The Kier molecular flexibility index (Phi) is 7.75. The monoisotopic (exact) mass is 313 g/mol. The lowest BCUT2D eigenvalue weighted by atomic mass is 9.97. The van der Waals surface area contributed by atoms with Gasteiger partial charge in [0.1, 0.15) is 15.6 Å². The zero-order valence-corrected chi connectivity index (χ0v) is 14.1. The third-order valence-electron chi connectivity index (χ3n) is 3.50. The van der Waals surface area contributed by atoms with E-state index in [0.29, 0.717) is 24.5 Å². The van der Waals surface area contributed by atoms with Gasteiger partial charge < -0.3 is 10.1 Å². The molecule has 0 fully saturated rings. The van der Waals surface area contributed by atoms with Gasteiger partial charge in [0.25, 0.3) is 0 Å². The molecule has 1 aromatic rings. The molecule has 0 bridgehead atoms. The molecule has 120 valence electrons. The molecule has 0 saturated carbocycles. The molecule has 0 aliphatic carbocycles. The van der Waals surface area contributed by atoms with Crippen LogP contribution in [-0.4, -0.2) is 40.6 Å². The Morgan fingerprint density at radius 2 is 2.05 bits per heavy atom. The normalized spacial score (nSPS) is 13.1. The van der Waals surface area contributed by atoms with Gasteiger partial charge in [-0.3, -0.25) is 0 Å². The topological polar surface area (TPSA) is 55.4 Å². The van der Waals surface area contributed by atoms with Crippen molar-refractivity contribution in [1.82, 2.24) is 5.32 Å². The van der Waals surface area contributed by atoms with Crippen molar-refractivity contribution in [2.24, 2.45) is 5.92 Å². The zero-order chi connectivity index (χ0) is 15.7. The average Bonchev–Trinajstić information content (AvgIpc) is 2.45. The molecule has 1 unspecified atom stereocenters. The van der Waals surface area contributed by atoms with Gasteiger partial charge in [0.05, 0.1) is 12.9 Å². The largest absolute Gasteiger partial charge is 0.497 e. The summed E-state index contributed by atoms with van der Waals surface area (Å²) in [7, 11) is 0.654. The Hall–Kier alpha value is -1.07. The van der Waals surface area contributed by atoms with Gasteiger partial charge in [-0.2, -0.15) is 0 Å². The molecule has 0 aromatic heterocycles. The zero-order valence-electron chi connectivity index (χ0n) is 13.3. The molecule has 1 aromatic carbocycles. The van der Waals surface area contributed by atoms with E-state index in [1.807, 2.05) is 32.2 Å². The fourth-order valence-corrected chi connectivity index (χ4v) is 3.98. The van der Waals surface area contributed by atoms with Crippen molar-refractivity contribution >= 4 is 9.84 Å². The third-order valence-corrected chi connectivity index (χ3v) is 5.39. The molecule has 0 heterocycles. The first kappa shape index (κ1) is 18.0. The minimum Gasteiger partial charge on any atom is -0.497 e. The second-order valence-electron chi connectivity index (χ2n) is 5.42. The van der Waals surface area contributed by atoms with E-state index in [4.69, 9.17) is 4.74 Å². The summed E-state index contributed by atoms with van der Waals surface area (Å²) in [4.78, 5) is 0. The van der Waals surface area contributed by atoms with E-state index in [9.17, 15) is 8.42 Å². The number of nitrogens with one attached hydrogen (secondary N) is 1. The molecule has 1 N–H and O–H groups in total. The molecular weight excluding hydrogens is 286 g/mol. The minimum atomic E-state index is -2.90. The summed E-state index contributed by atoms with van der Waals surface area (Å²) < 4.78 is 28.9. The summed E-state index contributed by atoms with van der Waals surface area (Å²) in [6, 6.07) is 7.97. The Labute approximate surface area is 128 Å². The number of rotatable bonds is 10. The van der Waals surface area contributed by atoms with Gasteiger partial charge in [-0.25, -0.2) is 8.42 Å². The molecule has 4 nitrogen and oxygen atoms in total. The van der Waals surface area contributed by atoms with Gasteiger partial charge >= 0.3 is 0 Å². The summed E-state index contributed by atoms with van der Waals surface area (Å²) in [6.45, 7) is 2.72. The second-order valence-corrected chi connectivity index (χ2v) is 7.72. The molecule has 0 radical (unpaired) electrons. The van der Waals surface area contributed by atoms with Crippen molar-refractivity contribution in [3.8, 4) is 5.75 Å². The number of hydrogen-bond acceptors (Lipinski definition) is 4. The van der Waals surface area contributed by atoms with Crippen molar-refractivity contribution < 1.29 is 13.2 Å². The van der Waals surface area contributed by atoms with Gasteiger partial charge in [-0.05, 0) is 56.5 Å². The van der Waals surface area contributed by atoms with E-state index >= 15 is 0 Å². The summed E-state index contributed by atoms with van der Waals surface area (Å²) in [5.41, 5.74) is 1.18. The number of methoxy groups -OCH3 is 1. The highest BCUT2D eigenvalue weighted by molar-refractivity contribution is 7.91. The van der Waals surface area contributed by atoms with Crippen LogP contribution in [0.2, 0.25) is 0 Å². The van der Waals surface area contributed by atoms with Crippen molar-refractivity contribution in [3.63, 3.8) is 0 Å². The van der Waals surface area contributed by atoms with Gasteiger partial charge in [0, 0.05) is 5.75 Å². The lowest BCUT2D eigenvalue weighted by Gasteiger charge is -2.17. The van der Waals surface area contributed by atoms with Gasteiger partial charge in [-0.15, -0.1) is 0 Å². The molecular formula is C16H27NO3S. The van der Waals surface area contributed by atoms with Crippen molar-refractivity contribution in [1.29, 1.82) is 0 Å². The van der Waals surface area contributed by atoms with E-state index in [1.54, 1.807) is 7.11 Å². The highest BCUT2D eigenvalue weighted by Gasteiger charge is 2.15. The number of hydrogen-bond donors (Lipinski definition) is 1. The van der Waals surface area contributed by atoms with E-state index in [0.717, 1.165) is 18.7 Å². The molecule has 1 atom stereocenters. The molecule has 0 aliphatic rings. The predicted molar refractivity (Wildman–Crippen MR) is 87.7 cm³/mol. The quantitative estimate of drug-likeness (QED) is 0.720. The van der Waals surface area contributed by atoms with Crippen LogP contribution in [0.25, 0.3) is 0 Å². The van der Waals surface area contributed by atoms with Crippen molar-refractivity contribution in [3.05, 3.63) is 29.8 Å². The Morgan fingerprint density at radius 3 is 2.67 bits per heavy atom. The summed E-state index contributed by atoms with van der Waals surface area (Å²) in [5, 5.41) is 3.16. The standard InChI is InChI=1S/C16H27NO3S/c1-4-9-21(18,19)10-8-15(13-17-2)11-14-6-5-7-16(12-14)20-3/h5-7,12,15,17H,4,8-11,13H2,1-3H3. The number of benzene rings is 1. The molecule has 21 heavy (non-hydrogen) atoms. The van der Waals surface area contributed by atoms with E-state index in [-0.39, 0.29) is 5.75 Å². The summed E-state index contributed by atoms with van der Waals surface area (Å²) in [5.74, 6) is 1.72. The maximum atomic E-state index is 11.9. The second kappa shape index (κ2) is 9.05. The molecule has 0 saturated heterocycles. The van der Waals surface area contributed by atoms with Crippen LogP contribution in [0.4, 0.5) is 0 Å². The summed E-state index contributed by atoms with van der Waals surface area (Å²) in [6.07, 6.45) is 2.25. The van der Waals surface area contributed by atoms with Crippen LogP contribution >= 0.6 is 0 Å². The van der Waals surface area contributed by atoms with Gasteiger partial charge in [0.2, 0.25) is 0 Å². The molecule has 0 amide bonds. The first-order chi connectivity index (χ1) is 10.0. The van der Waals surface area contributed by atoms with Crippen LogP contribution in [0, 0.1) is 5.92 Å². The average molecular weight is 313 g/mol. The maximum absolute atomic E-state index is 11.9. The van der Waals surface area contributed by atoms with E-state index in [2.05, 4.69) is 11.4 Å². The Bertz CT molecular complexity index is 514. The van der Waals surface area contributed by atoms with Crippen LogP contribution in [0.3, 0.4) is 0 Å². The third kappa shape index (κ3) is 6.96. The highest BCUT2D eigenvalue weighted by Crippen LogP contribution is 2.18. The van der Waals surface area contributed by atoms with Crippen LogP contribution in [0.1, 0.15) is 25.3 Å². The van der Waals surface area contributed by atoms with Crippen LogP contribution < -0.4 is 10.1 Å². The minimum absolute atomic E-state index is 0.275. The Balaban J connectivity index is 2.64. The molecule has 1 rings (SSSR count). The highest BCUT2D eigenvalue weighted by atomic mass is 32.2. The fraction of sp³-hybridized carbons (Fsp3) is 0.625. The van der Waals surface area contributed by atoms with Crippen LogP contribution in [0.15, 0.2) is 24.3 Å². The number of ether oxygens (including phenoxy) is 1. The van der Waals surface area contributed by atoms with Gasteiger partial charge in [-0.1, -0.05) is 19.1 Å². The smallest absolute Gasteiger partial charge is 0.150 e. The van der Waals surface area contributed by atoms with Crippen molar-refractivity contribution in [2.75, 3.05) is 32.2 Å². The van der Waals surface area contributed by atoms with Crippen LogP contribution in [-0.2, 0) is 16.3 Å². The van der Waals surface area contributed by atoms with E-state index in [1.165, 1.54) is 5.56 Å². The lowest BCUT2D eigenvalue weighted by molar-refractivity contribution is 0.413. The first-order valence-electron chi connectivity index (χ1n) is 7.48. The van der Waals surface area contributed by atoms with Crippen LogP contribution in [0.5, 0.6) is 5.75 Å². The van der Waals surface area contributed by atoms with E-state index < -0.39 is 9.84 Å². The maximum Gasteiger partial charge on any atom is 0.150 e. The predicted octanol–water partition coefficient (Wildman–Crippen LogP) is 2.29. The SMILES string of the molecule is CCCS(=O)(=O)CCC(CNC)Cc1cccc(OC)c1. The first-order valence-corrected chi connectivity index (χ1v) is 9.30. The van der Waals surface area contributed by atoms with Gasteiger partial charge in [0.15, 0.2) is 0 Å². The number of sulfone groups is 1. The molecule has 0 aliphatic heterocycles. The van der Waals surface area contributed by atoms with Crippen molar-refractivity contribution in [2.45, 2.75) is 26.2 Å².